The molecule has 0 aromatic carbocycles. The fourth-order valence-electron chi connectivity index (χ4n) is 3.43. The van der Waals surface area contributed by atoms with Crippen LogP contribution >= 0.6 is 11.8 Å². The molecule has 2 aliphatic rings. The van der Waals surface area contributed by atoms with Crippen molar-refractivity contribution in [1.29, 1.82) is 0 Å². The summed E-state index contributed by atoms with van der Waals surface area (Å²) in [6.45, 7) is 4.68. The van der Waals surface area contributed by atoms with Crippen molar-refractivity contribution in [2.24, 2.45) is 5.92 Å². The van der Waals surface area contributed by atoms with Crippen LogP contribution < -0.4 is 5.32 Å². The van der Waals surface area contributed by atoms with Crippen molar-refractivity contribution in [3.05, 3.63) is 0 Å². The van der Waals surface area contributed by atoms with Crippen LogP contribution in [-0.4, -0.2) is 46.8 Å². The quantitative estimate of drug-likeness (QED) is 0.864. The van der Waals surface area contributed by atoms with Gasteiger partial charge >= 0.3 is 0 Å². The standard InChI is InChI=1S/C15H26N2O2S/c1-11(2)12-13(18)17(9-10-20-3)15(14(19)16-12)7-5-4-6-8-15/h11-12H,4-10H2,1-3H3,(H,16,19). The Morgan fingerprint density at radius 2 is 1.95 bits per heavy atom. The van der Waals surface area contributed by atoms with Crippen molar-refractivity contribution in [3.63, 3.8) is 0 Å². The van der Waals surface area contributed by atoms with Crippen LogP contribution in [0.15, 0.2) is 0 Å². The molecule has 0 aromatic rings. The lowest BCUT2D eigenvalue weighted by Crippen LogP contribution is -2.72. The third-order valence-electron chi connectivity index (χ3n) is 4.62. The monoisotopic (exact) mass is 298 g/mol. The van der Waals surface area contributed by atoms with Gasteiger partial charge in [0.05, 0.1) is 0 Å². The Bertz CT molecular complexity index is 378. The number of hydrogen-bond acceptors (Lipinski definition) is 3. The molecule has 4 nitrogen and oxygen atoms in total. The molecule has 2 fully saturated rings. The fourth-order valence-corrected chi connectivity index (χ4v) is 3.80. The summed E-state index contributed by atoms with van der Waals surface area (Å²) in [7, 11) is 0. The molecule has 1 heterocycles. The average molecular weight is 298 g/mol. The minimum absolute atomic E-state index is 0.0802. The Labute approximate surface area is 126 Å². The first-order chi connectivity index (χ1) is 9.53. The van der Waals surface area contributed by atoms with E-state index >= 15 is 0 Å². The molecule has 2 rings (SSSR count). The van der Waals surface area contributed by atoms with E-state index in [2.05, 4.69) is 5.32 Å². The molecule has 1 saturated heterocycles. The van der Waals surface area contributed by atoms with Crippen LogP contribution in [0, 0.1) is 5.92 Å². The van der Waals surface area contributed by atoms with Crippen LogP contribution in [0.4, 0.5) is 0 Å². The normalized spacial score (nSPS) is 26.2. The fraction of sp³-hybridized carbons (Fsp3) is 0.867. The number of carbonyl (C=O) groups is 2. The number of nitrogens with zero attached hydrogens (tertiary/aromatic N) is 1. The minimum atomic E-state index is -0.559. The molecule has 1 atom stereocenters. The van der Waals surface area contributed by atoms with Gasteiger partial charge in [0.1, 0.15) is 11.6 Å². The van der Waals surface area contributed by atoms with E-state index in [1.54, 1.807) is 11.8 Å². The van der Waals surface area contributed by atoms with Crippen LogP contribution in [-0.2, 0) is 9.59 Å². The van der Waals surface area contributed by atoms with Crippen molar-refractivity contribution in [2.75, 3.05) is 18.6 Å². The van der Waals surface area contributed by atoms with E-state index in [0.717, 1.165) is 31.4 Å². The van der Waals surface area contributed by atoms with Gasteiger partial charge in [0, 0.05) is 12.3 Å². The molecule has 0 radical (unpaired) electrons. The number of amides is 2. The van der Waals surface area contributed by atoms with Gasteiger partial charge in [-0.1, -0.05) is 33.1 Å². The maximum Gasteiger partial charge on any atom is 0.246 e. The molecule has 1 saturated carbocycles. The zero-order chi connectivity index (χ0) is 14.8. The number of piperazine rings is 1. The summed E-state index contributed by atoms with van der Waals surface area (Å²) in [5.74, 6) is 1.24. The van der Waals surface area contributed by atoms with Gasteiger partial charge in [-0.25, -0.2) is 0 Å². The summed E-state index contributed by atoms with van der Waals surface area (Å²) in [5, 5.41) is 3.00. The van der Waals surface area contributed by atoms with Gasteiger partial charge < -0.3 is 10.2 Å². The highest BCUT2D eigenvalue weighted by Gasteiger charge is 2.52. The third-order valence-corrected chi connectivity index (χ3v) is 5.22. The zero-order valence-electron chi connectivity index (χ0n) is 12.8. The first-order valence-electron chi connectivity index (χ1n) is 7.64. The van der Waals surface area contributed by atoms with Gasteiger partial charge in [0.15, 0.2) is 0 Å². The number of carbonyl (C=O) groups excluding carboxylic acids is 2. The molecule has 1 aliphatic carbocycles. The lowest BCUT2D eigenvalue weighted by molar-refractivity contribution is -0.160. The highest BCUT2D eigenvalue weighted by Crippen LogP contribution is 2.37. The maximum absolute atomic E-state index is 12.8. The second-order valence-corrected chi connectivity index (χ2v) is 7.26. The number of rotatable bonds is 4. The highest BCUT2D eigenvalue weighted by molar-refractivity contribution is 7.98. The van der Waals surface area contributed by atoms with Crippen LogP contribution in [0.3, 0.4) is 0 Å². The predicted molar refractivity (Wildman–Crippen MR) is 82.7 cm³/mol. The van der Waals surface area contributed by atoms with Crippen molar-refractivity contribution in [2.45, 2.75) is 57.5 Å². The molecule has 1 unspecified atom stereocenters. The zero-order valence-corrected chi connectivity index (χ0v) is 13.6. The van der Waals surface area contributed by atoms with Crippen molar-refractivity contribution >= 4 is 23.6 Å². The summed E-state index contributed by atoms with van der Waals surface area (Å²) < 4.78 is 0. The molecule has 1 N–H and O–H groups in total. The van der Waals surface area contributed by atoms with Gasteiger partial charge in [-0.15, -0.1) is 0 Å². The lowest BCUT2D eigenvalue weighted by Gasteiger charge is -2.50. The molecule has 114 valence electrons. The maximum atomic E-state index is 12.8. The Morgan fingerprint density at radius 3 is 2.50 bits per heavy atom. The molecular formula is C15H26N2O2S. The van der Waals surface area contributed by atoms with E-state index in [0.29, 0.717) is 6.54 Å². The topological polar surface area (TPSA) is 49.4 Å². The number of thioether (sulfide) groups is 1. The number of hydrogen-bond donors (Lipinski definition) is 1. The Hall–Kier alpha value is -0.710. The number of nitrogens with one attached hydrogen (secondary N) is 1. The highest BCUT2D eigenvalue weighted by atomic mass is 32.2. The summed E-state index contributed by atoms with van der Waals surface area (Å²) >= 11 is 1.73. The van der Waals surface area contributed by atoms with Crippen LogP contribution in [0.2, 0.25) is 0 Å². The first kappa shape index (κ1) is 15.7. The van der Waals surface area contributed by atoms with Gasteiger partial charge in [0.2, 0.25) is 11.8 Å². The van der Waals surface area contributed by atoms with Crippen molar-refractivity contribution in [3.8, 4) is 0 Å². The third kappa shape index (κ3) is 2.69. The van der Waals surface area contributed by atoms with Crippen molar-refractivity contribution < 1.29 is 9.59 Å². The summed E-state index contributed by atoms with van der Waals surface area (Å²) in [5.41, 5.74) is -0.559. The molecule has 5 heteroatoms. The molecule has 1 spiro atoms. The Morgan fingerprint density at radius 1 is 1.30 bits per heavy atom. The average Bonchev–Trinajstić information content (AvgIpc) is 2.44. The van der Waals surface area contributed by atoms with Crippen LogP contribution in [0.1, 0.15) is 46.0 Å². The minimum Gasteiger partial charge on any atom is -0.342 e. The largest absolute Gasteiger partial charge is 0.342 e. The molecule has 20 heavy (non-hydrogen) atoms. The van der Waals surface area contributed by atoms with E-state index in [1.807, 2.05) is 25.0 Å². The van der Waals surface area contributed by atoms with E-state index in [1.165, 1.54) is 6.42 Å². The SMILES string of the molecule is CSCCN1C(=O)C(C(C)C)NC(=O)C12CCCCC2. The summed E-state index contributed by atoms with van der Waals surface area (Å²) in [6.07, 6.45) is 6.95. The van der Waals surface area contributed by atoms with Crippen molar-refractivity contribution in [1.82, 2.24) is 10.2 Å². The van der Waals surface area contributed by atoms with Crippen LogP contribution in [0.5, 0.6) is 0 Å². The van der Waals surface area contributed by atoms with Gasteiger partial charge in [-0.3, -0.25) is 9.59 Å². The van der Waals surface area contributed by atoms with E-state index in [4.69, 9.17) is 0 Å². The van der Waals surface area contributed by atoms with E-state index in [-0.39, 0.29) is 23.8 Å². The summed E-state index contributed by atoms with van der Waals surface area (Å²) in [6, 6.07) is -0.350. The molecule has 0 aromatic heterocycles. The van der Waals surface area contributed by atoms with Gasteiger partial charge in [-0.05, 0) is 25.0 Å². The molecule has 0 bridgehead atoms. The summed E-state index contributed by atoms with van der Waals surface area (Å²) in [4.78, 5) is 27.4. The van der Waals surface area contributed by atoms with Gasteiger partial charge in [-0.2, -0.15) is 11.8 Å². The molecule has 1 aliphatic heterocycles. The van der Waals surface area contributed by atoms with Gasteiger partial charge in [0.25, 0.3) is 0 Å². The second kappa shape index (κ2) is 6.37. The molecule has 2 amide bonds. The second-order valence-electron chi connectivity index (χ2n) is 6.27. The van der Waals surface area contributed by atoms with E-state index < -0.39 is 5.54 Å². The smallest absolute Gasteiger partial charge is 0.246 e. The van der Waals surface area contributed by atoms with Crippen LogP contribution in [0.25, 0.3) is 0 Å². The Balaban J connectivity index is 2.28. The first-order valence-corrected chi connectivity index (χ1v) is 9.03. The van der Waals surface area contributed by atoms with E-state index in [9.17, 15) is 9.59 Å². The molecular weight excluding hydrogens is 272 g/mol. The Kier molecular flexibility index (Phi) is 4.99. The lowest BCUT2D eigenvalue weighted by atomic mass is 9.76. The predicted octanol–water partition coefficient (Wildman–Crippen LogP) is 2.04.